The van der Waals surface area contributed by atoms with E-state index in [9.17, 15) is 14.4 Å². The monoisotopic (exact) mass is 340 g/mol. The lowest BCUT2D eigenvalue weighted by atomic mass is 10.0. The molecule has 0 aromatic heterocycles. The molecule has 2 aliphatic rings. The van der Waals surface area contributed by atoms with Crippen molar-refractivity contribution in [2.24, 2.45) is 0 Å². The van der Waals surface area contributed by atoms with Crippen molar-refractivity contribution < 1.29 is 19.5 Å². The molecule has 1 atom stereocenters. The van der Waals surface area contributed by atoms with Crippen LogP contribution in [-0.4, -0.2) is 40.4 Å². The van der Waals surface area contributed by atoms with E-state index in [1.165, 1.54) is 0 Å². The second-order valence-electron chi connectivity index (χ2n) is 6.19. The number of fused-ring (bicyclic) bond motifs is 1. The van der Waals surface area contributed by atoms with Crippen LogP contribution in [0.3, 0.4) is 0 Å². The minimum atomic E-state index is -0.534. The third-order valence-corrected chi connectivity index (χ3v) is 4.59. The van der Waals surface area contributed by atoms with Crippen LogP contribution in [0.4, 0.5) is 0 Å². The van der Waals surface area contributed by atoms with Crippen LogP contribution in [0.5, 0.6) is 0 Å². The van der Waals surface area contributed by atoms with Crippen molar-refractivity contribution >= 4 is 29.5 Å². The van der Waals surface area contributed by atoms with Crippen molar-refractivity contribution in [2.45, 2.75) is 38.3 Å². The Morgan fingerprint density at radius 2 is 2.20 bits per heavy atom. The number of benzene rings is 1. The van der Waals surface area contributed by atoms with Gasteiger partial charge in [-0.25, -0.2) is 4.79 Å². The Kier molecular flexibility index (Phi) is 5.12. The lowest BCUT2D eigenvalue weighted by Gasteiger charge is -2.30. The van der Waals surface area contributed by atoms with Gasteiger partial charge < -0.3 is 10.0 Å². The van der Waals surface area contributed by atoms with Crippen LogP contribution in [0, 0.1) is 0 Å². The maximum Gasteiger partial charge on any atom is 0.249 e. The van der Waals surface area contributed by atoms with Gasteiger partial charge in [0, 0.05) is 25.1 Å². The fraction of sp³-hybridized carbons (Fsp3) is 0.368. The molecule has 2 N–H and O–H groups in total. The topological polar surface area (TPSA) is 86.7 Å². The molecular formula is C19H20N2O4. The van der Waals surface area contributed by atoms with E-state index in [1.54, 1.807) is 4.90 Å². The second-order valence-corrected chi connectivity index (χ2v) is 6.19. The van der Waals surface area contributed by atoms with Gasteiger partial charge in [-0.1, -0.05) is 30.4 Å². The van der Waals surface area contributed by atoms with Crippen LogP contribution in [-0.2, 0) is 20.9 Å². The predicted octanol–water partition coefficient (Wildman–Crippen LogP) is 1.27. The van der Waals surface area contributed by atoms with E-state index in [0.29, 0.717) is 25.1 Å². The maximum atomic E-state index is 12.2. The Hall–Kier alpha value is -2.69. The molecule has 1 aromatic rings. The molecule has 1 fully saturated rings. The fourth-order valence-electron chi connectivity index (χ4n) is 3.34. The molecule has 2 heterocycles. The number of nitrogens with zero attached hydrogens (tertiary/aromatic N) is 1. The maximum absolute atomic E-state index is 12.2. The number of unbranched alkanes of at least 4 members (excludes halogenated alkanes) is 1. The summed E-state index contributed by atoms with van der Waals surface area (Å²) in [4.78, 5) is 36.8. The van der Waals surface area contributed by atoms with Crippen molar-refractivity contribution in [3.63, 3.8) is 0 Å². The number of imide groups is 1. The molecule has 130 valence electrons. The highest BCUT2D eigenvalue weighted by molar-refractivity contribution is 6.02. The van der Waals surface area contributed by atoms with E-state index in [1.807, 2.05) is 36.3 Å². The fourth-order valence-corrected chi connectivity index (χ4v) is 3.34. The first-order valence-corrected chi connectivity index (χ1v) is 8.40. The Bertz CT molecular complexity index is 778. The number of aliphatic hydroxyl groups is 1. The van der Waals surface area contributed by atoms with E-state index >= 15 is 0 Å². The van der Waals surface area contributed by atoms with Gasteiger partial charge >= 0.3 is 0 Å². The summed E-state index contributed by atoms with van der Waals surface area (Å²) in [6.45, 7) is 0.589. The summed E-state index contributed by atoms with van der Waals surface area (Å²) >= 11 is 0. The third-order valence-electron chi connectivity index (χ3n) is 4.59. The molecule has 0 radical (unpaired) electrons. The van der Waals surface area contributed by atoms with Gasteiger partial charge in [-0.05, 0) is 30.4 Å². The number of carbonyl (C=O) groups excluding carboxylic acids is 3. The van der Waals surface area contributed by atoms with Gasteiger partial charge in [-0.3, -0.25) is 14.9 Å². The Morgan fingerprint density at radius 1 is 1.36 bits per heavy atom. The predicted molar refractivity (Wildman–Crippen MR) is 92.6 cm³/mol. The lowest BCUT2D eigenvalue weighted by molar-refractivity contribution is -0.136. The quantitative estimate of drug-likeness (QED) is 0.479. The number of aliphatic hydroxyl groups excluding tert-OH is 1. The first-order valence-electron chi connectivity index (χ1n) is 8.40. The van der Waals surface area contributed by atoms with Crippen LogP contribution in [0.15, 0.2) is 24.3 Å². The first kappa shape index (κ1) is 17.1. The zero-order valence-corrected chi connectivity index (χ0v) is 13.8. The molecular weight excluding hydrogens is 320 g/mol. The zero-order valence-electron chi connectivity index (χ0n) is 13.8. The molecule has 0 aliphatic carbocycles. The van der Waals surface area contributed by atoms with Crippen molar-refractivity contribution in [1.29, 1.82) is 0 Å². The molecule has 0 bridgehead atoms. The first-order chi connectivity index (χ1) is 12.2. The average Bonchev–Trinajstić information content (AvgIpc) is 2.97. The molecule has 1 saturated heterocycles. The number of allylic oxidation sites excluding steroid dienone is 1. The largest absolute Gasteiger partial charge is 0.396 e. The van der Waals surface area contributed by atoms with E-state index < -0.39 is 6.04 Å². The molecule has 2 amide bonds. The SMILES string of the molecule is O=C=C1c2cccc(C=CCCCO)c2CN1C1CCC(=O)NC1=O. The van der Waals surface area contributed by atoms with Gasteiger partial charge in [0.15, 0.2) is 5.94 Å². The standard InChI is InChI=1S/C19H20N2O4/c22-10-3-1-2-5-13-6-4-7-14-15(13)11-21(17(14)12-23)16-8-9-18(24)20-19(16)25/h2,4-7,16,22H,1,3,8-11H2,(H,20,24,25). The summed E-state index contributed by atoms with van der Waals surface area (Å²) in [7, 11) is 0. The molecule has 1 unspecified atom stereocenters. The summed E-state index contributed by atoms with van der Waals surface area (Å²) in [5.74, 6) is 1.33. The van der Waals surface area contributed by atoms with E-state index in [2.05, 4.69) is 5.32 Å². The summed E-state index contributed by atoms with van der Waals surface area (Å²) in [6.07, 6.45) is 6.10. The number of rotatable bonds is 5. The number of piperidine rings is 1. The van der Waals surface area contributed by atoms with Gasteiger partial charge in [0.25, 0.3) is 0 Å². The van der Waals surface area contributed by atoms with Crippen molar-refractivity contribution in [3.8, 4) is 0 Å². The molecule has 2 aliphatic heterocycles. The van der Waals surface area contributed by atoms with Crippen LogP contribution < -0.4 is 5.32 Å². The van der Waals surface area contributed by atoms with Crippen molar-refractivity contribution in [2.75, 3.05) is 6.61 Å². The lowest BCUT2D eigenvalue weighted by Crippen LogP contribution is -2.50. The molecule has 1 aromatic carbocycles. The van der Waals surface area contributed by atoms with E-state index in [0.717, 1.165) is 23.1 Å². The van der Waals surface area contributed by atoms with Crippen LogP contribution in [0.1, 0.15) is 42.4 Å². The number of nitrogens with one attached hydrogen (secondary N) is 1. The van der Waals surface area contributed by atoms with Gasteiger partial charge in [-0.15, -0.1) is 0 Å². The minimum Gasteiger partial charge on any atom is -0.396 e. The van der Waals surface area contributed by atoms with Gasteiger partial charge in [0.05, 0.1) is 0 Å². The van der Waals surface area contributed by atoms with Crippen molar-refractivity contribution in [3.05, 3.63) is 41.0 Å². The molecule has 25 heavy (non-hydrogen) atoms. The molecule has 3 rings (SSSR count). The van der Waals surface area contributed by atoms with E-state index in [4.69, 9.17) is 5.11 Å². The zero-order chi connectivity index (χ0) is 17.8. The Morgan fingerprint density at radius 3 is 2.92 bits per heavy atom. The highest BCUT2D eigenvalue weighted by Gasteiger charge is 2.38. The van der Waals surface area contributed by atoms with Crippen molar-refractivity contribution in [1.82, 2.24) is 10.2 Å². The van der Waals surface area contributed by atoms with E-state index in [-0.39, 0.29) is 24.8 Å². The number of carbonyl (C=O) groups is 2. The summed E-state index contributed by atoms with van der Waals surface area (Å²) in [5.41, 5.74) is 3.11. The summed E-state index contributed by atoms with van der Waals surface area (Å²) in [6, 6.07) is 5.15. The highest BCUT2D eigenvalue weighted by Crippen LogP contribution is 2.36. The smallest absolute Gasteiger partial charge is 0.249 e. The highest BCUT2D eigenvalue weighted by atomic mass is 16.3. The van der Waals surface area contributed by atoms with Crippen LogP contribution >= 0.6 is 0 Å². The molecule has 6 heteroatoms. The Balaban J connectivity index is 1.88. The molecule has 0 spiro atoms. The molecule has 6 nitrogen and oxygen atoms in total. The minimum absolute atomic E-state index is 0.151. The summed E-state index contributed by atoms with van der Waals surface area (Å²) < 4.78 is 0. The number of amides is 2. The average molecular weight is 340 g/mol. The van der Waals surface area contributed by atoms with Gasteiger partial charge in [-0.2, -0.15) is 0 Å². The second kappa shape index (κ2) is 7.47. The Labute approximate surface area is 145 Å². The normalized spacial score (nSPS) is 20.0. The molecule has 0 saturated carbocycles. The van der Waals surface area contributed by atoms with Crippen LogP contribution in [0.25, 0.3) is 11.8 Å². The third kappa shape index (κ3) is 3.40. The van der Waals surface area contributed by atoms with Gasteiger partial charge in [0.2, 0.25) is 11.8 Å². The van der Waals surface area contributed by atoms with Gasteiger partial charge in [0.1, 0.15) is 11.7 Å². The summed E-state index contributed by atoms with van der Waals surface area (Å²) in [5, 5.41) is 11.2. The number of hydrogen-bond acceptors (Lipinski definition) is 5. The van der Waals surface area contributed by atoms with Crippen LogP contribution in [0.2, 0.25) is 0 Å². The number of hydrogen-bond donors (Lipinski definition) is 2.